The minimum Gasteiger partial charge on any atom is -0.481 e. The van der Waals surface area contributed by atoms with E-state index in [4.69, 9.17) is 5.11 Å². The van der Waals surface area contributed by atoms with Crippen molar-refractivity contribution in [1.82, 2.24) is 4.72 Å². The molecule has 118 valence electrons. The van der Waals surface area contributed by atoms with E-state index >= 15 is 0 Å². The molecule has 7 heteroatoms. The molecule has 22 heavy (non-hydrogen) atoms. The molecule has 1 atom stereocenters. The number of sulfonamides is 1. The van der Waals surface area contributed by atoms with Crippen LogP contribution in [0.3, 0.4) is 0 Å². The standard InChI is InChI=1S/C15H17NO4S2/c1-11(9-13-3-2-8-21-13)16-22(19,20)14-6-4-12(5-7-14)10-15(17)18/h2-8,11,16H,9-10H2,1H3,(H,17,18). The number of aliphatic carboxylic acids is 1. The van der Waals surface area contributed by atoms with Crippen molar-refractivity contribution in [3.05, 3.63) is 52.2 Å². The monoisotopic (exact) mass is 339 g/mol. The van der Waals surface area contributed by atoms with Crippen LogP contribution >= 0.6 is 11.3 Å². The van der Waals surface area contributed by atoms with Gasteiger partial charge in [0, 0.05) is 10.9 Å². The van der Waals surface area contributed by atoms with Gasteiger partial charge in [0.1, 0.15) is 0 Å². The molecule has 0 spiro atoms. The zero-order valence-corrected chi connectivity index (χ0v) is 13.7. The van der Waals surface area contributed by atoms with E-state index in [2.05, 4.69) is 4.72 Å². The molecular formula is C15H17NO4S2. The third kappa shape index (κ3) is 4.66. The van der Waals surface area contributed by atoms with Crippen LogP contribution in [0.15, 0.2) is 46.7 Å². The molecule has 1 heterocycles. The van der Waals surface area contributed by atoms with E-state index in [0.29, 0.717) is 12.0 Å². The molecule has 0 aliphatic rings. The van der Waals surface area contributed by atoms with Crippen LogP contribution in [0.5, 0.6) is 0 Å². The summed E-state index contributed by atoms with van der Waals surface area (Å²) in [6, 6.07) is 9.58. The smallest absolute Gasteiger partial charge is 0.307 e. The van der Waals surface area contributed by atoms with Crippen LogP contribution in [0.4, 0.5) is 0 Å². The Morgan fingerprint density at radius 2 is 1.95 bits per heavy atom. The molecule has 5 nitrogen and oxygen atoms in total. The van der Waals surface area contributed by atoms with Gasteiger partial charge in [-0.05, 0) is 42.5 Å². The molecule has 1 aromatic carbocycles. The molecule has 0 radical (unpaired) electrons. The molecule has 0 amide bonds. The molecule has 0 saturated heterocycles. The van der Waals surface area contributed by atoms with Crippen molar-refractivity contribution >= 4 is 27.3 Å². The zero-order valence-electron chi connectivity index (χ0n) is 12.0. The minimum absolute atomic E-state index is 0.122. The maximum absolute atomic E-state index is 12.3. The van der Waals surface area contributed by atoms with E-state index in [1.807, 2.05) is 24.4 Å². The first kappa shape index (κ1) is 16.7. The van der Waals surface area contributed by atoms with Crippen molar-refractivity contribution in [2.24, 2.45) is 0 Å². The van der Waals surface area contributed by atoms with Crippen LogP contribution in [0.1, 0.15) is 17.4 Å². The average Bonchev–Trinajstić information content (AvgIpc) is 2.90. The number of nitrogens with one attached hydrogen (secondary N) is 1. The summed E-state index contributed by atoms with van der Waals surface area (Å²) in [4.78, 5) is 11.9. The van der Waals surface area contributed by atoms with Crippen LogP contribution in [-0.4, -0.2) is 25.5 Å². The fourth-order valence-electron chi connectivity index (χ4n) is 2.07. The molecular weight excluding hydrogens is 322 g/mol. The minimum atomic E-state index is -3.60. The summed E-state index contributed by atoms with van der Waals surface area (Å²) >= 11 is 1.59. The van der Waals surface area contributed by atoms with Gasteiger partial charge in [0.05, 0.1) is 11.3 Å². The van der Waals surface area contributed by atoms with Gasteiger partial charge >= 0.3 is 5.97 Å². The Bertz CT molecular complexity index is 721. The number of carbonyl (C=O) groups is 1. The Labute approximate surface area is 133 Å². The van der Waals surface area contributed by atoms with Crippen LogP contribution in [-0.2, 0) is 27.7 Å². The van der Waals surface area contributed by atoms with E-state index < -0.39 is 16.0 Å². The summed E-state index contributed by atoms with van der Waals surface area (Å²) < 4.78 is 27.2. The Hall–Kier alpha value is -1.70. The predicted molar refractivity (Wildman–Crippen MR) is 85.6 cm³/mol. The van der Waals surface area contributed by atoms with Crippen molar-refractivity contribution in [1.29, 1.82) is 0 Å². The van der Waals surface area contributed by atoms with Gasteiger partial charge in [0.25, 0.3) is 0 Å². The van der Waals surface area contributed by atoms with E-state index in [0.717, 1.165) is 4.88 Å². The van der Waals surface area contributed by atoms with Gasteiger partial charge in [0.2, 0.25) is 10.0 Å². The molecule has 0 bridgehead atoms. The number of carboxylic acid groups (broad SMARTS) is 1. The van der Waals surface area contributed by atoms with Crippen LogP contribution in [0, 0.1) is 0 Å². The molecule has 2 N–H and O–H groups in total. The lowest BCUT2D eigenvalue weighted by Crippen LogP contribution is -2.33. The highest BCUT2D eigenvalue weighted by Crippen LogP contribution is 2.15. The highest BCUT2D eigenvalue weighted by atomic mass is 32.2. The Balaban J connectivity index is 2.04. The van der Waals surface area contributed by atoms with Crippen molar-refractivity contribution in [3.63, 3.8) is 0 Å². The topological polar surface area (TPSA) is 83.5 Å². The number of carboxylic acids is 1. The van der Waals surface area contributed by atoms with Gasteiger partial charge in [-0.2, -0.15) is 0 Å². The summed E-state index contributed by atoms with van der Waals surface area (Å²) in [6.45, 7) is 1.82. The van der Waals surface area contributed by atoms with Gasteiger partial charge in [-0.25, -0.2) is 13.1 Å². The fraction of sp³-hybridized carbons (Fsp3) is 0.267. The third-order valence-electron chi connectivity index (χ3n) is 3.03. The first-order chi connectivity index (χ1) is 10.4. The largest absolute Gasteiger partial charge is 0.481 e. The van der Waals surface area contributed by atoms with Gasteiger partial charge in [-0.3, -0.25) is 4.79 Å². The number of rotatable bonds is 7. The van der Waals surface area contributed by atoms with Crippen molar-refractivity contribution in [2.45, 2.75) is 30.7 Å². The average molecular weight is 339 g/mol. The van der Waals surface area contributed by atoms with E-state index in [9.17, 15) is 13.2 Å². The fourth-order valence-corrected chi connectivity index (χ4v) is 4.14. The Kier molecular flexibility index (Phi) is 5.33. The lowest BCUT2D eigenvalue weighted by Gasteiger charge is -2.13. The van der Waals surface area contributed by atoms with Gasteiger partial charge in [-0.15, -0.1) is 11.3 Å². The van der Waals surface area contributed by atoms with Gasteiger partial charge in [-0.1, -0.05) is 18.2 Å². The number of thiophene rings is 1. The molecule has 2 rings (SSSR count). The highest BCUT2D eigenvalue weighted by molar-refractivity contribution is 7.89. The van der Waals surface area contributed by atoms with Crippen LogP contribution in [0.25, 0.3) is 0 Å². The van der Waals surface area contributed by atoms with Gasteiger partial charge in [0.15, 0.2) is 0 Å². The highest BCUT2D eigenvalue weighted by Gasteiger charge is 2.18. The summed E-state index contributed by atoms with van der Waals surface area (Å²) in [5.41, 5.74) is 0.568. The maximum Gasteiger partial charge on any atom is 0.307 e. The zero-order chi connectivity index (χ0) is 16.2. The Morgan fingerprint density at radius 1 is 1.27 bits per heavy atom. The van der Waals surface area contributed by atoms with Crippen molar-refractivity contribution in [2.75, 3.05) is 0 Å². The van der Waals surface area contributed by atoms with Crippen molar-refractivity contribution < 1.29 is 18.3 Å². The van der Waals surface area contributed by atoms with E-state index in [1.165, 1.54) is 24.3 Å². The molecule has 0 fully saturated rings. The second-order valence-corrected chi connectivity index (χ2v) is 7.77. The van der Waals surface area contributed by atoms with E-state index in [1.54, 1.807) is 11.3 Å². The lowest BCUT2D eigenvalue weighted by molar-refractivity contribution is -0.136. The number of hydrogen-bond acceptors (Lipinski definition) is 4. The van der Waals surface area contributed by atoms with E-state index in [-0.39, 0.29) is 17.4 Å². The summed E-state index contributed by atoms with van der Waals surface area (Å²) in [5.74, 6) is -0.946. The van der Waals surface area contributed by atoms with Crippen LogP contribution in [0.2, 0.25) is 0 Å². The molecule has 2 aromatic rings. The second kappa shape index (κ2) is 7.04. The normalized spacial score (nSPS) is 13.0. The number of hydrogen-bond donors (Lipinski definition) is 2. The second-order valence-electron chi connectivity index (χ2n) is 5.02. The molecule has 0 aliphatic carbocycles. The predicted octanol–water partition coefficient (Wildman–Crippen LogP) is 2.28. The summed E-state index contributed by atoms with van der Waals surface area (Å²) in [6.07, 6.45) is 0.510. The molecule has 0 saturated carbocycles. The number of benzene rings is 1. The Morgan fingerprint density at radius 3 is 2.50 bits per heavy atom. The summed E-state index contributed by atoms with van der Waals surface area (Å²) in [7, 11) is -3.60. The third-order valence-corrected chi connectivity index (χ3v) is 5.54. The van der Waals surface area contributed by atoms with Crippen molar-refractivity contribution in [3.8, 4) is 0 Å². The molecule has 0 aliphatic heterocycles. The quantitative estimate of drug-likeness (QED) is 0.811. The molecule has 1 unspecified atom stereocenters. The lowest BCUT2D eigenvalue weighted by atomic mass is 10.2. The maximum atomic E-state index is 12.3. The molecule has 1 aromatic heterocycles. The summed E-state index contributed by atoms with van der Waals surface area (Å²) in [5, 5.41) is 10.7. The van der Waals surface area contributed by atoms with Crippen LogP contribution < -0.4 is 4.72 Å². The first-order valence-corrected chi connectivity index (χ1v) is 9.08. The van der Waals surface area contributed by atoms with Gasteiger partial charge < -0.3 is 5.11 Å². The SMILES string of the molecule is CC(Cc1cccs1)NS(=O)(=O)c1ccc(CC(=O)O)cc1. The first-order valence-electron chi connectivity index (χ1n) is 6.72.